The van der Waals surface area contributed by atoms with Gasteiger partial charge in [-0.25, -0.2) is 4.98 Å². The number of aryl methyl sites for hydroxylation is 1. The molecule has 0 amide bonds. The molecule has 0 radical (unpaired) electrons. The van der Waals surface area contributed by atoms with Crippen LogP contribution in [-0.4, -0.2) is 18.1 Å². The number of rotatable bonds is 6. The molecular weight excluding hydrogens is 258 g/mol. The summed E-state index contributed by atoms with van der Waals surface area (Å²) < 4.78 is 0. The Hall–Kier alpha value is -1.87. The number of nitrogens with one attached hydrogen (secondary N) is 1. The van der Waals surface area contributed by atoms with Crippen molar-refractivity contribution >= 4 is 5.82 Å². The molecule has 1 aromatic heterocycles. The number of hydrogen-bond acceptors (Lipinski definition) is 3. The summed E-state index contributed by atoms with van der Waals surface area (Å²) in [4.78, 5) is 6.73. The van der Waals surface area contributed by atoms with Gasteiger partial charge in [-0.3, -0.25) is 0 Å². The number of pyridine rings is 1. The normalized spacial score (nSPS) is 10.9. The predicted octanol–water partition coefficient (Wildman–Crippen LogP) is 3.52. The zero-order valence-electron chi connectivity index (χ0n) is 13.4. The Labute approximate surface area is 128 Å². The van der Waals surface area contributed by atoms with Gasteiger partial charge >= 0.3 is 0 Å². The molecule has 0 aliphatic heterocycles. The molecule has 0 aliphatic carbocycles. The minimum Gasteiger partial charge on any atom is -0.355 e. The average molecular weight is 283 g/mol. The van der Waals surface area contributed by atoms with Gasteiger partial charge in [-0.05, 0) is 24.1 Å². The SMILES string of the molecule is Cc1ccc(CN(C)c2ccc(CNC(C)C)cn2)cc1. The van der Waals surface area contributed by atoms with E-state index in [1.165, 1.54) is 16.7 Å². The average Bonchev–Trinajstić information content (AvgIpc) is 2.48. The third-order valence-corrected chi connectivity index (χ3v) is 3.46. The highest BCUT2D eigenvalue weighted by atomic mass is 15.2. The van der Waals surface area contributed by atoms with Crippen LogP contribution in [0.5, 0.6) is 0 Å². The monoisotopic (exact) mass is 283 g/mol. The Kier molecular flexibility index (Phi) is 5.34. The fourth-order valence-corrected chi connectivity index (χ4v) is 2.12. The summed E-state index contributed by atoms with van der Waals surface area (Å²) in [5, 5.41) is 3.40. The summed E-state index contributed by atoms with van der Waals surface area (Å²) in [5.41, 5.74) is 3.81. The minimum atomic E-state index is 0.494. The van der Waals surface area contributed by atoms with Crippen molar-refractivity contribution < 1.29 is 0 Å². The molecule has 1 heterocycles. The van der Waals surface area contributed by atoms with E-state index in [9.17, 15) is 0 Å². The van der Waals surface area contributed by atoms with Gasteiger partial charge in [-0.2, -0.15) is 0 Å². The maximum atomic E-state index is 4.56. The van der Waals surface area contributed by atoms with E-state index in [-0.39, 0.29) is 0 Å². The lowest BCUT2D eigenvalue weighted by molar-refractivity contribution is 0.588. The molecule has 0 spiro atoms. The summed E-state index contributed by atoms with van der Waals surface area (Å²) in [6, 6.07) is 13.4. The fraction of sp³-hybridized carbons (Fsp3) is 0.389. The molecule has 3 nitrogen and oxygen atoms in total. The van der Waals surface area contributed by atoms with Crippen LogP contribution in [0.3, 0.4) is 0 Å². The highest BCUT2D eigenvalue weighted by Crippen LogP contribution is 2.14. The van der Waals surface area contributed by atoms with E-state index in [0.29, 0.717) is 6.04 Å². The summed E-state index contributed by atoms with van der Waals surface area (Å²) >= 11 is 0. The summed E-state index contributed by atoms with van der Waals surface area (Å²) in [6.07, 6.45) is 1.95. The van der Waals surface area contributed by atoms with E-state index < -0.39 is 0 Å². The maximum Gasteiger partial charge on any atom is 0.128 e. The van der Waals surface area contributed by atoms with Gasteiger partial charge in [-0.15, -0.1) is 0 Å². The van der Waals surface area contributed by atoms with Crippen LogP contribution in [0.4, 0.5) is 5.82 Å². The van der Waals surface area contributed by atoms with Crippen LogP contribution in [0.2, 0.25) is 0 Å². The first kappa shape index (κ1) is 15.5. The zero-order valence-corrected chi connectivity index (χ0v) is 13.4. The number of benzene rings is 1. The van der Waals surface area contributed by atoms with Crippen molar-refractivity contribution in [3.8, 4) is 0 Å². The predicted molar refractivity (Wildman–Crippen MR) is 89.5 cm³/mol. The lowest BCUT2D eigenvalue weighted by Crippen LogP contribution is -2.22. The molecule has 0 fully saturated rings. The summed E-state index contributed by atoms with van der Waals surface area (Å²) in [6.45, 7) is 8.15. The fourth-order valence-electron chi connectivity index (χ4n) is 2.12. The Balaban J connectivity index is 1.96. The molecule has 1 aromatic carbocycles. The smallest absolute Gasteiger partial charge is 0.128 e. The van der Waals surface area contributed by atoms with Gasteiger partial charge in [0.25, 0.3) is 0 Å². The number of anilines is 1. The van der Waals surface area contributed by atoms with E-state index in [0.717, 1.165) is 18.9 Å². The van der Waals surface area contributed by atoms with Gasteiger partial charge in [-0.1, -0.05) is 49.7 Å². The Morgan fingerprint density at radius 2 is 1.71 bits per heavy atom. The van der Waals surface area contributed by atoms with Crippen LogP contribution in [0.25, 0.3) is 0 Å². The van der Waals surface area contributed by atoms with Gasteiger partial charge in [0.1, 0.15) is 5.82 Å². The molecule has 0 aliphatic rings. The number of aromatic nitrogens is 1. The quantitative estimate of drug-likeness (QED) is 0.879. The van der Waals surface area contributed by atoms with E-state index in [1.54, 1.807) is 0 Å². The van der Waals surface area contributed by atoms with E-state index in [1.807, 2.05) is 6.20 Å². The molecule has 112 valence electrons. The molecule has 2 aromatic rings. The molecule has 0 atom stereocenters. The van der Waals surface area contributed by atoms with Crippen molar-refractivity contribution in [1.29, 1.82) is 0 Å². The lowest BCUT2D eigenvalue weighted by atomic mass is 10.1. The van der Waals surface area contributed by atoms with Crippen molar-refractivity contribution in [1.82, 2.24) is 10.3 Å². The third-order valence-electron chi connectivity index (χ3n) is 3.46. The van der Waals surface area contributed by atoms with E-state index >= 15 is 0 Å². The van der Waals surface area contributed by atoms with Gasteiger partial charge in [0.2, 0.25) is 0 Å². The first-order valence-corrected chi connectivity index (χ1v) is 7.49. The molecule has 3 heteroatoms. The second-order valence-corrected chi connectivity index (χ2v) is 5.90. The maximum absolute atomic E-state index is 4.56. The molecular formula is C18H25N3. The highest BCUT2D eigenvalue weighted by molar-refractivity contribution is 5.39. The van der Waals surface area contributed by atoms with Crippen molar-refractivity contribution in [2.45, 2.75) is 39.9 Å². The van der Waals surface area contributed by atoms with Crippen LogP contribution in [0.1, 0.15) is 30.5 Å². The largest absolute Gasteiger partial charge is 0.355 e. The standard InChI is InChI=1S/C18H25N3/c1-14(2)19-11-17-9-10-18(20-12-17)21(4)13-16-7-5-15(3)6-8-16/h5-10,12,14,19H,11,13H2,1-4H3. The minimum absolute atomic E-state index is 0.494. The Morgan fingerprint density at radius 1 is 1.05 bits per heavy atom. The summed E-state index contributed by atoms with van der Waals surface area (Å²) in [5.74, 6) is 1.00. The molecule has 0 unspecified atom stereocenters. The number of hydrogen-bond donors (Lipinski definition) is 1. The Bertz CT molecular complexity index is 544. The van der Waals surface area contributed by atoms with Crippen molar-refractivity contribution in [2.24, 2.45) is 0 Å². The van der Waals surface area contributed by atoms with Crippen LogP contribution in [-0.2, 0) is 13.1 Å². The van der Waals surface area contributed by atoms with Gasteiger partial charge in [0, 0.05) is 32.4 Å². The van der Waals surface area contributed by atoms with Crippen molar-refractivity contribution in [3.05, 3.63) is 59.3 Å². The van der Waals surface area contributed by atoms with Crippen LogP contribution < -0.4 is 10.2 Å². The molecule has 2 rings (SSSR count). The molecule has 0 saturated heterocycles. The topological polar surface area (TPSA) is 28.2 Å². The molecule has 21 heavy (non-hydrogen) atoms. The lowest BCUT2D eigenvalue weighted by Gasteiger charge is -2.18. The van der Waals surface area contributed by atoms with Crippen molar-refractivity contribution in [3.63, 3.8) is 0 Å². The van der Waals surface area contributed by atoms with Crippen LogP contribution in [0.15, 0.2) is 42.6 Å². The first-order chi connectivity index (χ1) is 10.0. The molecule has 0 bridgehead atoms. The zero-order chi connectivity index (χ0) is 15.2. The van der Waals surface area contributed by atoms with Gasteiger partial charge < -0.3 is 10.2 Å². The Morgan fingerprint density at radius 3 is 2.29 bits per heavy atom. The van der Waals surface area contributed by atoms with Gasteiger partial charge in [0.15, 0.2) is 0 Å². The van der Waals surface area contributed by atoms with Crippen LogP contribution in [0, 0.1) is 6.92 Å². The second kappa shape index (κ2) is 7.23. The third kappa shape index (κ3) is 4.87. The van der Waals surface area contributed by atoms with Gasteiger partial charge in [0.05, 0.1) is 0 Å². The van der Waals surface area contributed by atoms with Crippen LogP contribution >= 0.6 is 0 Å². The van der Waals surface area contributed by atoms with Crippen molar-refractivity contribution in [2.75, 3.05) is 11.9 Å². The second-order valence-electron chi connectivity index (χ2n) is 5.90. The van der Waals surface area contributed by atoms with E-state index in [2.05, 4.69) is 79.4 Å². The molecule has 0 saturated carbocycles. The molecule has 1 N–H and O–H groups in total. The number of nitrogens with zero attached hydrogens (tertiary/aromatic N) is 2. The van der Waals surface area contributed by atoms with E-state index in [4.69, 9.17) is 0 Å². The summed E-state index contributed by atoms with van der Waals surface area (Å²) in [7, 11) is 2.08. The first-order valence-electron chi connectivity index (χ1n) is 7.49. The highest BCUT2D eigenvalue weighted by Gasteiger charge is 2.04.